The smallest absolute Gasteiger partial charge is 0.340 e. The van der Waals surface area contributed by atoms with Crippen molar-refractivity contribution in [3.8, 4) is 0 Å². The molecule has 0 fully saturated rings. The maximum Gasteiger partial charge on any atom is 0.340 e. The number of allylic oxidation sites excluding steroid dienone is 1. The van der Waals surface area contributed by atoms with E-state index in [1.165, 1.54) is 18.4 Å². The van der Waals surface area contributed by atoms with Crippen LogP contribution in [0.2, 0.25) is 0 Å². The summed E-state index contributed by atoms with van der Waals surface area (Å²) in [5.41, 5.74) is 2.36. The van der Waals surface area contributed by atoms with Gasteiger partial charge in [-0.3, -0.25) is 4.79 Å². The molecule has 1 aliphatic heterocycles. The molecular formula is C19H17NO3S. The summed E-state index contributed by atoms with van der Waals surface area (Å²) >= 11 is 1.52. The van der Waals surface area contributed by atoms with Gasteiger partial charge in [0, 0.05) is 10.6 Å². The average molecular weight is 339 g/mol. The van der Waals surface area contributed by atoms with Crippen LogP contribution < -0.4 is 0 Å². The molecule has 4 nitrogen and oxygen atoms in total. The quantitative estimate of drug-likeness (QED) is 0.631. The minimum Gasteiger partial charge on any atom is -0.465 e. The van der Waals surface area contributed by atoms with Crippen molar-refractivity contribution in [1.82, 2.24) is 4.90 Å². The highest BCUT2D eigenvalue weighted by Crippen LogP contribution is 2.33. The van der Waals surface area contributed by atoms with Gasteiger partial charge in [-0.15, -0.1) is 11.3 Å². The lowest BCUT2D eigenvalue weighted by molar-refractivity contribution is -0.136. The van der Waals surface area contributed by atoms with Crippen molar-refractivity contribution in [2.75, 3.05) is 7.11 Å². The Morgan fingerprint density at radius 1 is 1.21 bits per heavy atom. The van der Waals surface area contributed by atoms with Crippen molar-refractivity contribution in [1.29, 1.82) is 0 Å². The number of hydrogen-bond acceptors (Lipinski definition) is 4. The summed E-state index contributed by atoms with van der Waals surface area (Å²) in [7, 11) is 1.33. The fraction of sp³-hybridized carbons (Fsp3) is 0.158. The normalized spacial score (nSPS) is 16.2. The van der Waals surface area contributed by atoms with Crippen molar-refractivity contribution < 1.29 is 14.3 Å². The summed E-state index contributed by atoms with van der Waals surface area (Å²) in [6, 6.07) is 13.5. The number of amides is 1. The summed E-state index contributed by atoms with van der Waals surface area (Å²) in [5, 5.41) is 1.93. The minimum atomic E-state index is -0.487. The highest BCUT2D eigenvalue weighted by atomic mass is 32.1. The number of thiophene rings is 1. The van der Waals surface area contributed by atoms with E-state index < -0.39 is 5.97 Å². The average Bonchev–Trinajstić information content (AvgIpc) is 3.18. The van der Waals surface area contributed by atoms with Crippen molar-refractivity contribution in [2.24, 2.45) is 0 Å². The van der Waals surface area contributed by atoms with Gasteiger partial charge in [0.25, 0.3) is 5.91 Å². The standard InChI is InChI=1S/C19H17NO3S/c1-13-17(19(22)23-2)16(11-15-9-6-10-24-15)18(21)20(13)12-14-7-4-3-5-8-14/h3-11H,12H2,1-2H3. The van der Waals surface area contributed by atoms with Gasteiger partial charge in [-0.25, -0.2) is 4.79 Å². The van der Waals surface area contributed by atoms with Gasteiger partial charge >= 0.3 is 5.97 Å². The van der Waals surface area contributed by atoms with Crippen molar-refractivity contribution >= 4 is 29.3 Å². The lowest BCUT2D eigenvalue weighted by atomic mass is 10.1. The van der Waals surface area contributed by atoms with Crippen LogP contribution in [-0.4, -0.2) is 23.9 Å². The molecule has 0 unspecified atom stereocenters. The Bertz CT molecular complexity index is 820. The third kappa shape index (κ3) is 3.03. The van der Waals surface area contributed by atoms with E-state index in [-0.39, 0.29) is 5.91 Å². The third-order valence-electron chi connectivity index (χ3n) is 3.91. The second-order valence-electron chi connectivity index (χ2n) is 5.40. The molecule has 3 rings (SSSR count). The van der Waals surface area contributed by atoms with Crippen molar-refractivity contribution in [2.45, 2.75) is 13.5 Å². The molecule has 5 heteroatoms. The second kappa shape index (κ2) is 6.84. The van der Waals surface area contributed by atoms with Crippen LogP contribution in [0.1, 0.15) is 17.4 Å². The van der Waals surface area contributed by atoms with Crippen LogP contribution in [0.5, 0.6) is 0 Å². The van der Waals surface area contributed by atoms with Gasteiger partial charge in [0.05, 0.1) is 24.8 Å². The Kier molecular flexibility index (Phi) is 4.62. The Labute approximate surface area is 144 Å². The van der Waals surface area contributed by atoms with Gasteiger partial charge in [-0.1, -0.05) is 36.4 Å². The van der Waals surface area contributed by atoms with Crippen molar-refractivity contribution in [3.05, 3.63) is 75.1 Å². The Morgan fingerprint density at radius 3 is 2.58 bits per heavy atom. The van der Waals surface area contributed by atoms with Crippen LogP contribution in [0.3, 0.4) is 0 Å². The van der Waals surface area contributed by atoms with Crippen LogP contribution >= 0.6 is 11.3 Å². The predicted molar refractivity (Wildman–Crippen MR) is 94.0 cm³/mol. The molecule has 2 aromatic rings. The van der Waals surface area contributed by atoms with E-state index in [0.717, 1.165) is 10.4 Å². The van der Waals surface area contributed by atoms with Crippen LogP contribution in [0.25, 0.3) is 6.08 Å². The predicted octanol–water partition coefficient (Wildman–Crippen LogP) is 3.62. The van der Waals surface area contributed by atoms with E-state index >= 15 is 0 Å². The summed E-state index contributed by atoms with van der Waals surface area (Å²) in [4.78, 5) is 27.7. The number of rotatable bonds is 4. The molecule has 1 aliphatic rings. The molecule has 0 N–H and O–H groups in total. The van der Waals surface area contributed by atoms with Gasteiger partial charge in [-0.05, 0) is 30.0 Å². The first-order valence-electron chi connectivity index (χ1n) is 7.52. The molecule has 122 valence electrons. The largest absolute Gasteiger partial charge is 0.465 e. The van der Waals surface area contributed by atoms with Crippen LogP contribution in [0.4, 0.5) is 0 Å². The summed E-state index contributed by atoms with van der Waals surface area (Å²) < 4.78 is 4.89. The molecule has 0 aliphatic carbocycles. The zero-order valence-electron chi connectivity index (χ0n) is 13.5. The maximum atomic E-state index is 12.9. The first-order valence-corrected chi connectivity index (χ1v) is 8.40. The van der Waals surface area contributed by atoms with Gasteiger partial charge in [0.15, 0.2) is 0 Å². The first-order chi connectivity index (χ1) is 11.6. The number of esters is 1. The molecule has 0 saturated carbocycles. The Hall–Kier alpha value is -2.66. The van der Waals surface area contributed by atoms with Gasteiger partial charge in [-0.2, -0.15) is 0 Å². The molecule has 24 heavy (non-hydrogen) atoms. The molecule has 0 saturated heterocycles. The number of carbonyl (C=O) groups is 2. The van der Waals surface area contributed by atoms with Gasteiger partial charge in [0.1, 0.15) is 0 Å². The fourth-order valence-corrected chi connectivity index (χ4v) is 3.36. The van der Waals surface area contributed by atoms with Gasteiger partial charge < -0.3 is 9.64 Å². The maximum absolute atomic E-state index is 12.9. The molecule has 1 amide bonds. The Morgan fingerprint density at radius 2 is 1.96 bits per heavy atom. The zero-order valence-corrected chi connectivity index (χ0v) is 14.3. The van der Waals surface area contributed by atoms with E-state index in [4.69, 9.17) is 4.74 Å². The number of ether oxygens (including phenoxy) is 1. The molecule has 0 bridgehead atoms. The highest BCUT2D eigenvalue weighted by molar-refractivity contribution is 7.10. The SMILES string of the molecule is COC(=O)C1=C(C)N(Cc2ccccc2)C(=O)C1=Cc1cccs1. The van der Waals surface area contributed by atoms with Crippen LogP contribution in [-0.2, 0) is 20.9 Å². The summed E-state index contributed by atoms with van der Waals surface area (Å²) in [5.74, 6) is -0.663. The molecular weight excluding hydrogens is 322 g/mol. The third-order valence-corrected chi connectivity index (χ3v) is 4.73. The number of benzene rings is 1. The monoisotopic (exact) mass is 339 g/mol. The number of hydrogen-bond donors (Lipinski definition) is 0. The van der Waals surface area contributed by atoms with E-state index in [9.17, 15) is 9.59 Å². The topological polar surface area (TPSA) is 46.6 Å². The number of methoxy groups -OCH3 is 1. The number of carbonyl (C=O) groups excluding carboxylic acids is 2. The lowest BCUT2D eigenvalue weighted by Crippen LogP contribution is -2.24. The molecule has 2 heterocycles. The van der Waals surface area contributed by atoms with E-state index in [1.54, 1.807) is 17.9 Å². The molecule has 1 aromatic heterocycles. The Balaban J connectivity index is 2.01. The molecule has 0 spiro atoms. The molecule has 0 radical (unpaired) electrons. The van der Waals surface area contributed by atoms with Gasteiger partial charge in [0.2, 0.25) is 0 Å². The summed E-state index contributed by atoms with van der Waals surface area (Å²) in [6.07, 6.45) is 1.76. The molecule has 0 atom stereocenters. The summed E-state index contributed by atoms with van der Waals surface area (Å²) in [6.45, 7) is 2.20. The van der Waals surface area contributed by atoms with Crippen molar-refractivity contribution in [3.63, 3.8) is 0 Å². The van der Waals surface area contributed by atoms with Crippen LogP contribution in [0.15, 0.2) is 64.7 Å². The molecule has 1 aromatic carbocycles. The van der Waals surface area contributed by atoms with E-state index in [2.05, 4.69) is 0 Å². The zero-order chi connectivity index (χ0) is 17.1. The fourth-order valence-electron chi connectivity index (χ4n) is 2.70. The number of nitrogens with zero attached hydrogens (tertiary/aromatic N) is 1. The minimum absolute atomic E-state index is 0.176. The van der Waals surface area contributed by atoms with E-state index in [0.29, 0.717) is 23.4 Å². The first kappa shape index (κ1) is 16.2. The highest BCUT2D eigenvalue weighted by Gasteiger charge is 2.36. The lowest BCUT2D eigenvalue weighted by Gasteiger charge is -2.17. The second-order valence-corrected chi connectivity index (χ2v) is 6.38. The van der Waals surface area contributed by atoms with Crippen LogP contribution in [0, 0.1) is 0 Å². The van der Waals surface area contributed by atoms with E-state index in [1.807, 2.05) is 47.8 Å².